The van der Waals surface area contributed by atoms with Gasteiger partial charge in [-0.15, -0.1) is 0 Å². The fourth-order valence-corrected chi connectivity index (χ4v) is 7.13. The van der Waals surface area contributed by atoms with Gasteiger partial charge in [0, 0.05) is 0 Å². The SMILES string of the molecule is O=C1/C(=C\c2ccc(N(c3ccc4ccccc4c3)c3ccccn3)[se]2)C(=O)c2c1ccc1ccccc21. The van der Waals surface area contributed by atoms with Gasteiger partial charge in [0.05, 0.1) is 0 Å². The zero-order chi connectivity index (χ0) is 25.6. The van der Waals surface area contributed by atoms with Gasteiger partial charge >= 0.3 is 226 Å². The Balaban J connectivity index is 1.30. The standard InChI is InChI=1S/C33H20N2O2Se/c36-32-27-16-13-22-8-3-4-10-26(22)31(27)33(37)28(32)20-25-15-17-30(38-25)35(29-11-5-6-18-34-29)24-14-12-21-7-1-2-9-23(21)19-24/h1-20H/b28-20+. The average molecular weight is 555 g/mol. The molecule has 5 heteroatoms. The molecule has 0 fully saturated rings. The summed E-state index contributed by atoms with van der Waals surface area (Å²) in [7, 11) is 0. The normalized spacial score (nSPS) is 13.9. The summed E-state index contributed by atoms with van der Waals surface area (Å²) in [5, 5.41) is 4.12. The summed E-state index contributed by atoms with van der Waals surface area (Å²) >= 11 is -0.131. The molecule has 0 spiro atoms. The van der Waals surface area contributed by atoms with Crippen molar-refractivity contribution >= 4 is 69.8 Å². The molecule has 0 saturated carbocycles. The maximum atomic E-state index is 13.4. The number of aromatic nitrogens is 1. The van der Waals surface area contributed by atoms with Crippen molar-refractivity contribution in [2.45, 2.75) is 0 Å². The van der Waals surface area contributed by atoms with E-state index in [0.29, 0.717) is 11.1 Å². The fourth-order valence-electron chi connectivity index (χ4n) is 5.08. The van der Waals surface area contributed by atoms with Crippen LogP contribution < -0.4 is 4.90 Å². The molecular formula is C33H20N2O2Se. The van der Waals surface area contributed by atoms with E-state index in [2.05, 4.69) is 46.3 Å². The Morgan fingerprint density at radius 3 is 2.29 bits per heavy atom. The minimum absolute atomic E-state index is 0.131. The van der Waals surface area contributed by atoms with Crippen LogP contribution in [-0.4, -0.2) is 31.1 Å². The van der Waals surface area contributed by atoms with E-state index in [0.717, 1.165) is 36.7 Å². The second kappa shape index (κ2) is 9.07. The first-order chi connectivity index (χ1) is 18.7. The summed E-state index contributed by atoms with van der Waals surface area (Å²) < 4.78 is 2.06. The predicted molar refractivity (Wildman–Crippen MR) is 154 cm³/mol. The third-order valence-electron chi connectivity index (χ3n) is 6.88. The van der Waals surface area contributed by atoms with E-state index in [4.69, 9.17) is 0 Å². The minimum atomic E-state index is -0.197. The van der Waals surface area contributed by atoms with E-state index < -0.39 is 0 Å². The Morgan fingerprint density at radius 1 is 0.684 bits per heavy atom. The van der Waals surface area contributed by atoms with Gasteiger partial charge in [-0.1, -0.05) is 0 Å². The molecule has 2 aromatic heterocycles. The summed E-state index contributed by atoms with van der Waals surface area (Å²) in [4.78, 5) is 33.5. The number of benzene rings is 4. The van der Waals surface area contributed by atoms with Gasteiger partial charge in [0.2, 0.25) is 0 Å². The summed E-state index contributed by atoms with van der Waals surface area (Å²) in [6.07, 6.45) is 3.58. The van der Waals surface area contributed by atoms with Crippen molar-refractivity contribution in [1.82, 2.24) is 4.98 Å². The number of fused-ring (bicyclic) bond motifs is 4. The van der Waals surface area contributed by atoms with E-state index in [1.165, 1.54) is 5.39 Å². The van der Waals surface area contributed by atoms with Gasteiger partial charge in [-0.2, -0.15) is 0 Å². The molecule has 4 aromatic carbocycles. The van der Waals surface area contributed by atoms with Gasteiger partial charge in [0.15, 0.2) is 0 Å². The van der Waals surface area contributed by atoms with Crippen molar-refractivity contribution in [1.29, 1.82) is 0 Å². The molecule has 0 atom stereocenters. The van der Waals surface area contributed by atoms with Gasteiger partial charge in [-0.05, 0) is 0 Å². The van der Waals surface area contributed by atoms with Crippen LogP contribution in [0.1, 0.15) is 25.2 Å². The van der Waals surface area contributed by atoms with Gasteiger partial charge in [0.1, 0.15) is 0 Å². The van der Waals surface area contributed by atoms with Crippen LogP contribution in [0.15, 0.2) is 121 Å². The molecule has 4 nitrogen and oxygen atoms in total. The molecule has 0 amide bonds. The molecule has 6 aromatic rings. The number of nitrogens with zero attached hydrogens (tertiary/aromatic N) is 2. The molecule has 180 valence electrons. The number of rotatable bonds is 4. The van der Waals surface area contributed by atoms with E-state index in [1.54, 1.807) is 18.3 Å². The first-order valence-corrected chi connectivity index (χ1v) is 14.0. The average Bonchev–Trinajstić information content (AvgIpc) is 3.52. The van der Waals surface area contributed by atoms with Crippen LogP contribution in [0.2, 0.25) is 0 Å². The van der Waals surface area contributed by atoms with Crippen LogP contribution >= 0.6 is 0 Å². The summed E-state index contributed by atoms with van der Waals surface area (Å²) in [6, 6.07) is 36.1. The number of carbonyl (C=O) groups is 2. The number of allylic oxidation sites excluding steroid dienone is 1. The quantitative estimate of drug-likeness (QED) is 0.129. The van der Waals surface area contributed by atoms with Crippen LogP contribution in [0.4, 0.5) is 16.1 Å². The first kappa shape index (κ1) is 22.6. The Morgan fingerprint density at radius 2 is 1.45 bits per heavy atom. The van der Waals surface area contributed by atoms with Crippen molar-refractivity contribution in [3.05, 3.63) is 137 Å². The van der Waals surface area contributed by atoms with E-state index in [1.807, 2.05) is 66.7 Å². The maximum absolute atomic E-state index is 13.4. The molecule has 7 rings (SSSR count). The molecular weight excluding hydrogens is 535 g/mol. The van der Waals surface area contributed by atoms with Crippen molar-refractivity contribution in [2.24, 2.45) is 0 Å². The fraction of sp³-hybridized carbons (Fsp3) is 0. The molecule has 38 heavy (non-hydrogen) atoms. The molecule has 0 bridgehead atoms. The zero-order valence-corrected chi connectivity index (χ0v) is 21.9. The van der Waals surface area contributed by atoms with Crippen LogP contribution in [0.25, 0.3) is 27.6 Å². The van der Waals surface area contributed by atoms with E-state index in [-0.39, 0.29) is 31.6 Å². The molecule has 0 unspecified atom stereocenters. The van der Waals surface area contributed by atoms with E-state index in [9.17, 15) is 9.59 Å². The van der Waals surface area contributed by atoms with Crippen LogP contribution in [0.3, 0.4) is 0 Å². The molecule has 0 radical (unpaired) electrons. The van der Waals surface area contributed by atoms with E-state index >= 15 is 0 Å². The predicted octanol–water partition coefficient (Wildman–Crippen LogP) is 7.38. The van der Waals surface area contributed by atoms with Gasteiger partial charge in [0.25, 0.3) is 0 Å². The number of anilines is 3. The molecule has 1 aliphatic carbocycles. The van der Waals surface area contributed by atoms with Gasteiger partial charge < -0.3 is 0 Å². The Bertz CT molecular complexity index is 1920. The zero-order valence-electron chi connectivity index (χ0n) is 20.2. The molecule has 1 aliphatic rings. The molecule has 0 saturated heterocycles. The molecule has 2 heterocycles. The number of ketones is 2. The summed E-state index contributed by atoms with van der Waals surface area (Å²) in [5.41, 5.74) is 2.27. The Hall–Kier alpha value is -4.57. The molecule has 0 N–H and O–H groups in total. The first-order valence-electron chi connectivity index (χ1n) is 12.3. The van der Waals surface area contributed by atoms with Crippen LogP contribution in [0, 0.1) is 0 Å². The summed E-state index contributed by atoms with van der Waals surface area (Å²) in [5.74, 6) is 0.435. The van der Waals surface area contributed by atoms with Crippen molar-refractivity contribution < 1.29 is 9.59 Å². The third kappa shape index (κ3) is 3.72. The number of hydrogen-bond donors (Lipinski definition) is 0. The monoisotopic (exact) mass is 556 g/mol. The van der Waals surface area contributed by atoms with Crippen LogP contribution in [0.5, 0.6) is 0 Å². The van der Waals surface area contributed by atoms with Crippen molar-refractivity contribution in [3.63, 3.8) is 0 Å². The third-order valence-corrected chi connectivity index (χ3v) is 9.01. The number of pyridine rings is 1. The number of Topliss-reactive ketones (excluding diaryl/α,β-unsaturated/α-hetero) is 2. The number of hydrogen-bond acceptors (Lipinski definition) is 4. The second-order valence-electron chi connectivity index (χ2n) is 9.16. The van der Waals surface area contributed by atoms with Crippen LogP contribution in [-0.2, 0) is 0 Å². The van der Waals surface area contributed by atoms with Gasteiger partial charge in [-0.25, -0.2) is 0 Å². The Labute approximate surface area is 225 Å². The van der Waals surface area contributed by atoms with Crippen molar-refractivity contribution in [3.8, 4) is 0 Å². The topological polar surface area (TPSA) is 50.3 Å². The van der Waals surface area contributed by atoms with Crippen molar-refractivity contribution in [2.75, 3.05) is 4.90 Å². The van der Waals surface area contributed by atoms with Gasteiger partial charge in [-0.3, -0.25) is 0 Å². The molecule has 0 aliphatic heterocycles. The second-order valence-corrected chi connectivity index (χ2v) is 11.5. The number of carbonyl (C=O) groups excluding carboxylic acids is 2. The summed E-state index contributed by atoms with van der Waals surface area (Å²) in [6.45, 7) is 0. The Kier molecular flexibility index (Phi) is 5.40.